The molecule has 0 saturated carbocycles. The van der Waals surface area contributed by atoms with Crippen LogP contribution >= 0.6 is 0 Å². The maximum Gasteiger partial charge on any atom is 0.357 e. The molecule has 196 valence electrons. The van der Waals surface area contributed by atoms with Gasteiger partial charge in [0.1, 0.15) is 24.1 Å². The molecular formula is C29H38O7. The summed E-state index contributed by atoms with van der Waals surface area (Å²) in [5.41, 5.74) is 3.12. The van der Waals surface area contributed by atoms with Crippen molar-refractivity contribution in [3.8, 4) is 5.75 Å². The topological polar surface area (TPSA) is 86.6 Å². The molecular weight excluding hydrogens is 460 g/mol. The molecule has 0 bridgehead atoms. The van der Waals surface area contributed by atoms with Gasteiger partial charge in [-0.1, -0.05) is 80.3 Å². The fourth-order valence-corrected chi connectivity index (χ4v) is 4.65. The summed E-state index contributed by atoms with van der Waals surface area (Å²) in [5.74, 6) is -1.44. The third-order valence-electron chi connectivity index (χ3n) is 6.74. The molecule has 4 rings (SSSR count). The van der Waals surface area contributed by atoms with Crippen LogP contribution in [0.3, 0.4) is 0 Å². The van der Waals surface area contributed by atoms with Crippen molar-refractivity contribution in [2.45, 2.75) is 82.6 Å². The maximum absolute atomic E-state index is 11.1. The number of hydrogen-bond donors (Lipinski definition) is 2. The summed E-state index contributed by atoms with van der Waals surface area (Å²) in [6, 6.07) is 17.3. The third-order valence-corrected chi connectivity index (χ3v) is 6.74. The van der Waals surface area contributed by atoms with Gasteiger partial charge >= 0.3 is 5.97 Å². The van der Waals surface area contributed by atoms with E-state index in [2.05, 4.69) is 13.0 Å². The molecule has 0 radical (unpaired) electrons. The third kappa shape index (κ3) is 6.17. The monoisotopic (exact) mass is 498 g/mol. The fourth-order valence-electron chi connectivity index (χ4n) is 4.65. The number of hydrogen-bond acceptors (Lipinski definition) is 7. The lowest BCUT2D eigenvalue weighted by molar-refractivity contribution is -0.448. The van der Waals surface area contributed by atoms with E-state index in [4.69, 9.17) is 23.7 Å². The number of aliphatic hydroxyl groups excluding tert-OH is 2. The molecule has 1 unspecified atom stereocenters. The van der Waals surface area contributed by atoms with E-state index in [1.54, 1.807) is 12.1 Å². The second-order valence-corrected chi connectivity index (χ2v) is 9.52. The first-order valence-corrected chi connectivity index (χ1v) is 12.8. The Morgan fingerprint density at radius 1 is 1.06 bits per heavy atom. The Morgan fingerprint density at radius 3 is 2.50 bits per heavy atom. The molecule has 0 aromatic heterocycles. The molecule has 2 aromatic carbocycles. The zero-order valence-corrected chi connectivity index (χ0v) is 21.3. The van der Waals surface area contributed by atoms with Gasteiger partial charge in [0.25, 0.3) is 0 Å². The number of benzene rings is 2. The van der Waals surface area contributed by atoms with E-state index < -0.39 is 36.7 Å². The molecule has 2 aliphatic rings. The van der Waals surface area contributed by atoms with E-state index in [9.17, 15) is 10.2 Å². The minimum absolute atomic E-state index is 0.155. The van der Waals surface area contributed by atoms with Gasteiger partial charge in [0, 0.05) is 7.11 Å². The van der Waals surface area contributed by atoms with Crippen molar-refractivity contribution >= 4 is 6.08 Å². The van der Waals surface area contributed by atoms with Gasteiger partial charge in [0.15, 0.2) is 12.4 Å². The lowest BCUT2D eigenvalue weighted by Crippen LogP contribution is -2.70. The number of rotatable bonds is 10. The van der Waals surface area contributed by atoms with Crippen molar-refractivity contribution in [2.75, 3.05) is 13.7 Å². The predicted molar refractivity (Wildman–Crippen MR) is 136 cm³/mol. The van der Waals surface area contributed by atoms with E-state index in [1.165, 1.54) is 13.5 Å². The Balaban J connectivity index is 1.50. The van der Waals surface area contributed by atoms with Crippen LogP contribution in [0.2, 0.25) is 0 Å². The normalized spacial score (nSPS) is 30.6. The van der Waals surface area contributed by atoms with Crippen molar-refractivity contribution in [3.63, 3.8) is 0 Å². The van der Waals surface area contributed by atoms with Gasteiger partial charge in [-0.2, -0.15) is 0 Å². The molecule has 2 aliphatic heterocycles. The summed E-state index contributed by atoms with van der Waals surface area (Å²) in [4.78, 5) is 0. The number of ether oxygens (including phenoxy) is 5. The van der Waals surface area contributed by atoms with Crippen LogP contribution in [0, 0.1) is 6.92 Å². The quantitative estimate of drug-likeness (QED) is 0.366. The number of aryl methyl sites for hydroxylation is 1. The molecule has 6 atom stereocenters. The Morgan fingerprint density at radius 2 is 1.81 bits per heavy atom. The SMILES string of the molecule is CCCCCCC(=Cc1ccccc1)C1OC[C@H]2O[C@](OC)(Oc3ccc(C)cc3)[C@H](O)[C@@H](O)[C@@H]2O1. The van der Waals surface area contributed by atoms with Gasteiger partial charge < -0.3 is 33.9 Å². The lowest BCUT2D eigenvalue weighted by Gasteiger charge is -2.50. The molecule has 0 spiro atoms. The number of fused-ring (bicyclic) bond motifs is 1. The zero-order chi connectivity index (χ0) is 25.5. The van der Waals surface area contributed by atoms with Crippen LogP contribution in [0.4, 0.5) is 0 Å². The van der Waals surface area contributed by atoms with Crippen molar-refractivity contribution in [1.82, 2.24) is 0 Å². The smallest absolute Gasteiger partial charge is 0.357 e. The van der Waals surface area contributed by atoms with Crippen molar-refractivity contribution in [1.29, 1.82) is 0 Å². The molecule has 2 fully saturated rings. The maximum atomic E-state index is 11.1. The molecule has 0 aliphatic carbocycles. The van der Waals surface area contributed by atoms with Crippen LogP contribution in [0.25, 0.3) is 6.08 Å². The molecule has 7 heteroatoms. The van der Waals surface area contributed by atoms with Gasteiger partial charge in [-0.15, -0.1) is 0 Å². The summed E-state index contributed by atoms with van der Waals surface area (Å²) >= 11 is 0. The van der Waals surface area contributed by atoms with Crippen molar-refractivity contribution < 1.29 is 33.9 Å². The lowest BCUT2D eigenvalue weighted by atomic mass is 9.95. The Hall–Kier alpha value is -2.26. The van der Waals surface area contributed by atoms with Crippen LogP contribution in [-0.2, 0) is 18.9 Å². The highest BCUT2D eigenvalue weighted by Crippen LogP contribution is 2.38. The highest BCUT2D eigenvalue weighted by atomic mass is 16.9. The van der Waals surface area contributed by atoms with Crippen LogP contribution in [0.15, 0.2) is 60.2 Å². The first-order chi connectivity index (χ1) is 17.5. The number of methoxy groups -OCH3 is 1. The largest absolute Gasteiger partial charge is 0.437 e. The predicted octanol–water partition coefficient (Wildman–Crippen LogP) is 4.59. The second kappa shape index (κ2) is 12.3. The van der Waals surface area contributed by atoms with Gasteiger partial charge in [0.05, 0.1) is 6.61 Å². The van der Waals surface area contributed by atoms with E-state index >= 15 is 0 Å². The minimum atomic E-state index is -1.89. The van der Waals surface area contributed by atoms with Gasteiger partial charge in [-0.25, -0.2) is 0 Å². The Labute approximate surface area is 213 Å². The Kier molecular flexibility index (Phi) is 9.17. The first-order valence-electron chi connectivity index (χ1n) is 12.8. The standard InChI is InChI=1S/C29H38O7/c1-4-5-6-10-13-22(18-21-11-8-7-9-12-21)28-33-19-24-26(34-28)25(30)27(31)29(32-3,36-24)35-23-16-14-20(2)15-17-23/h7-9,11-12,14-18,24-28,30-31H,4-6,10,13,19H2,1-3H3/t24-,25+,26-,27-,28?,29-/m1/s1. The first kappa shape index (κ1) is 26.8. The van der Waals surface area contributed by atoms with Gasteiger partial charge in [0.2, 0.25) is 0 Å². The van der Waals surface area contributed by atoms with Gasteiger partial charge in [-0.3, -0.25) is 0 Å². The molecule has 2 aromatic rings. The average Bonchev–Trinajstić information content (AvgIpc) is 2.90. The minimum Gasteiger partial charge on any atom is -0.437 e. The highest BCUT2D eigenvalue weighted by molar-refractivity contribution is 5.53. The summed E-state index contributed by atoms with van der Waals surface area (Å²) in [7, 11) is 1.37. The molecule has 2 saturated heterocycles. The van der Waals surface area contributed by atoms with E-state index in [1.807, 2.05) is 49.4 Å². The summed E-state index contributed by atoms with van der Waals surface area (Å²) in [6.45, 7) is 4.31. The molecule has 7 nitrogen and oxygen atoms in total. The number of aliphatic hydroxyl groups is 2. The highest BCUT2D eigenvalue weighted by Gasteiger charge is 2.59. The Bertz CT molecular complexity index is 975. The molecule has 36 heavy (non-hydrogen) atoms. The number of unbranched alkanes of at least 4 members (excludes halogenated alkanes) is 3. The summed E-state index contributed by atoms with van der Waals surface area (Å²) in [5, 5.41) is 22.1. The van der Waals surface area contributed by atoms with Crippen LogP contribution in [-0.4, -0.2) is 60.6 Å². The zero-order valence-electron chi connectivity index (χ0n) is 21.3. The fraction of sp³-hybridized carbons (Fsp3) is 0.517. The van der Waals surface area contributed by atoms with Crippen LogP contribution in [0.1, 0.15) is 50.2 Å². The van der Waals surface area contributed by atoms with Crippen molar-refractivity contribution in [3.05, 3.63) is 71.3 Å². The van der Waals surface area contributed by atoms with Crippen molar-refractivity contribution in [2.24, 2.45) is 0 Å². The van der Waals surface area contributed by atoms with E-state index in [0.717, 1.165) is 42.4 Å². The van der Waals surface area contributed by atoms with Gasteiger partial charge in [-0.05, 0) is 43.0 Å². The summed E-state index contributed by atoms with van der Waals surface area (Å²) < 4.78 is 29.8. The van der Waals surface area contributed by atoms with Crippen LogP contribution in [0.5, 0.6) is 5.75 Å². The van der Waals surface area contributed by atoms with E-state index in [0.29, 0.717) is 5.75 Å². The summed E-state index contributed by atoms with van der Waals surface area (Å²) in [6.07, 6.45) is 2.42. The second-order valence-electron chi connectivity index (χ2n) is 9.52. The molecule has 2 heterocycles. The van der Waals surface area contributed by atoms with E-state index in [-0.39, 0.29) is 6.61 Å². The molecule has 0 amide bonds. The van der Waals surface area contributed by atoms with Crippen LogP contribution < -0.4 is 4.74 Å². The average molecular weight is 499 g/mol. The molecule has 2 N–H and O–H groups in total.